The molecular formula is CH11BFeMnSi. The minimum Gasteiger partial charge on any atom is -0.0776 e. The minimum atomic E-state index is 0. The van der Waals surface area contributed by atoms with Crippen molar-refractivity contribution in [2.75, 3.05) is 0 Å². The third kappa shape index (κ3) is 33.6. The SMILES string of the molecule is B.C.[Fe].[Mn].[SiH4]. The van der Waals surface area contributed by atoms with E-state index in [2.05, 4.69) is 0 Å². The predicted molar refractivity (Wildman–Crippen MR) is 28.0 cm³/mol. The maximum Gasteiger partial charge on any atom is 0.0814 e. The maximum absolute atomic E-state index is 0. The summed E-state index contributed by atoms with van der Waals surface area (Å²) in [6.07, 6.45) is 0. The average molecular weight is 173 g/mol. The molecule has 0 fully saturated rings. The molecule has 5 heavy (non-hydrogen) atoms. The van der Waals surface area contributed by atoms with Crippen molar-refractivity contribution < 1.29 is 34.1 Å². The topological polar surface area (TPSA) is 0 Å². The molecular weight excluding hydrogens is 162 g/mol. The molecule has 0 atom stereocenters. The largest absolute Gasteiger partial charge is 0.0814 e. The van der Waals surface area contributed by atoms with E-state index in [1.54, 1.807) is 0 Å². The van der Waals surface area contributed by atoms with E-state index in [-0.39, 0.29) is 60.9 Å². The van der Waals surface area contributed by atoms with Crippen molar-refractivity contribution in [2.24, 2.45) is 0 Å². The third-order valence-electron chi connectivity index (χ3n) is 0. The van der Waals surface area contributed by atoms with E-state index in [1.807, 2.05) is 0 Å². The fraction of sp³-hybridized carbons (Fsp3) is 1.00. The molecule has 0 bridgehead atoms. The Kier molecular flexibility index (Phi) is 1170. The molecule has 0 aliphatic carbocycles. The van der Waals surface area contributed by atoms with E-state index < -0.39 is 0 Å². The summed E-state index contributed by atoms with van der Waals surface area (Å²) in [6.45, 7) is 0. The van der Waals surface area contributed by atoms with Crippen LogP contribution in [0.5, 0.6) is 0 Å². The molecule has 0 N–H and O–H groups in total. The van der Waals surface area contributed by atoms with Gasteiger partial charge in [0.05, 0.1) is 8.41 Å². The van der Waals surface area contributed by atoms with Gasteiger partial charge in [0.2, 0.25) is 0 Å². The second-order valence-electron chi connectivity index (χ2n) is 0. The van der Waals surface area contributed by atoms with Crippen LogP contribution in [0.4, 0.5) is 0 Å². The maximum atomic E-state index is 0. The first kappa shape index (κ1) is 103. The van der Waals surface area contributed by atoms with Crippen LogP contribution in [0.1, 0.15) is 7.43 Å². The van der Waals surface area contributed by atoms with Crippen LogP contribution in [0.2, 0.25) is 0 Å². The third-order valence-corrected chi connectivity index (χ3v) is 0. The van der Waals surface area contributed by atoms with Gasteiger partial charge in [0.25, 0.3) is 0 Å². The Hall–Kier alpha value is 1.32. The zero-order valence-corrected chi connectivity index (χ0v) is 3.02. The molecule has 0 aromatic carbocycles. The van der Waals surface area contributed by atoms with Gasteiger partial charge < -0.3 is 0 Å². The molecule has 0 rings (SSSR count). The Balaban J connectivity index is 0. The molecule has 0 aliphatic rings. The van der Waals surface area contributed by atoms with Crippen LogP contribution in [0.15, 0.2) is 0 Å². The van der Waals surface area contributed by atoms with Crippen LogP contribution in [0, 0.1) is 0 Å². The van der Waals surface area contributed by atoms with Crippen molar-refractivity contribution in [1.29, 1.82) is 0 Å². The van der Waals surface area contributed by atoms with Crippen LogP contribution in [-0.4, -0.2) is 19.4 Å². The van der Waals surface area contributed by atoms with Crippen LogP contribution in [0.25, 0.3) is 0 Å². The Bertz CT molecular complexity index is 11.6. The summed E-state index contributed by atoms with van der Waals surface area (Å²) in [5.74, 6) is 0. The summed E-state index contributed by atoms with van der Waals surface area (Å²) in [5, 5.41) is 0. The molecule has 0 spiro atoms. The van der Waals surface area contributed by atoms with Gasteiger partial charge in [-0.25, -0.2) is 0 Å². The molecule has 1 radical (unpaired) electrons. The van der Waals surface area contributed by atoms with Gasteiger partial charge >= 0.3 is 0 Å². The molecule has 0 aromatic rings. The molecule has 4 heteroatoms. The smallest absolute Gasteiger partial charge is 0.0776 e. The van der Waals surface area contributed by atoms with Crippen molar-refractivity contribution in [3.63, 3.8) is 0 Å². The second-order valence-corrected chi connectivity index (χ2v) is 0. The summed E-state index contributed by atoms with van der Waals surface area (Å²) in [6, 6.07) is 0. The van der Waals surface area contributed by atoms with Gasteiger partial charge in [0, 0.05) is 34.1 Å². The van der Waals surface area contributed by atoms with Gasteiger partial charge in [-0.1, -0.05) is 7.43 Å². The average Bonchev–Trinajstić information content (AvgIpc) is 0. The van der Waals surface area contributed by atoms with Crippen molar-refractivity contribution in [2.45, 2.75) is 7.43 Å². The zero-order valence-electron chi connectivity index (χ0n) is 0.732. The van der Waals surface area contributed by atoms with Crippen molar-refractivity contribution >= 4 is 19.4 Å². The van der Waals surface area contributed by atoms with Gasteiger partial charge in [-0.05, 0) is 11.0 Å². The summed E-state index contributed by atoms with van der Waals surface area (Å²) in [5.41, 5.74) is 0. The van der Waals surface area contributed by atoms with Gasteiger partial charge in [-0.2, -0.15) is 0 Å². The molecule has 0 aliphatic heterocycles. The number of hydrogen-bond donors (Lipinski definition) is 0. The first-order valence-corrected chi connectivity index (χ1v) is 0. The Morgan fingerprint density at radius 2 is 1.00 bits per heavy atom. The first-order valence-electron chi connectivity index (χ1n) is 0. The van der Waals surface area contributed by atoms with Gasteiger partial charge in [0.1, 0.15) is 0 Å². The monoisotopic (exact) mass is 173 g/mol. The Morgan fingerprint density at radius 3 is 1.00 bits per heavy atom. The normalized spacial score (nSPS) is 0. The fourth-order valence-electron chi connectivity index (χ4n) is 0. The van der Waals surface area contributed by atoms with Crippen LogP contribution < -0.4 is 0 Å². The summed E-state index contributed by atoms with van der Waals surface area (Å²) < 4.78 is 0. The van der Waals surface area contributed by atoms with Crippen LogP contribution >= 0.6 is 0 Å². The fourth-order valence-corrected chi connectivity index (χ4v) is 0. The van der Waals surface area contributed by atoms with Gasteiger partial charge in [0.15, 0.2) is 0 Å². The zero-order chi connectivity index (χ0) is 0. The first-order chi connectivity index (χ1) is 0. The van der Waals surface area contributed by atoms with Crippen LogP contribution in [-0.2, 0) is 34.1 Å². The van der Waals surface area contributed by atoms with Crippen LogP contribution in [0.3, 0.4) is 0 Å². The second kappa shape index (κ2) is 56.9. The van der Waals surface area contributed by atoms with Crippen molar-refractivity contribution in [1.82, 2.24) is 0 Å². The predicted octanol–water partition coefficient (Wildman–Crippen LogP) is -2.00. The minimum absolute atomic E-state index is 0. The standard InChI is InChI=1S/CH4.BH3.Fe.Mn.H4Si/h1H4;1H3;;;1H4. The summed E-state index contributed by atoms with van der Waals surface area (Å²) in [7, 11) is 0. The van der Waals surface area contributed by atoms with Crippen molar-refractivity contribution in [3.8, 4) is 0 Å². The summed E-state index contributed by atoms with van der Waals surface area (Å²) >= 11 is 0. The van der Waals surface area contributed by atoms with Crippen molar-refractivity contribution in [3.05, 3.63) is 0 Å². The van der Waals surface area contributed by atoms with Gasteiger partial charge in [-0.15, -0.1) is 0 Å². The summed E-state index contributed by atoms with van der Waals surface area (Å²) in [4.78, 5) is 0. The Morgan fingerprint density at radius 1 is 1.00 bits per heavy atom. The molecule has 0 nitrogen and oxygen atoms in total. The molecule has 0 aromatic heterocycles. The quantitative estimate of drug-likeness (QED) is 0.371. The van der Waals surface area contributed by atoms with E-state index in [1.165, 1.54) is 0 Å². The van der Waals surface area contributed by atoms with E-state index in [0.29, 0.717) is 0 Å². The molecule has 0 unspecified atom stereocenters. The molecule has 0 amide bonds. The molecule has 0 heterocycles. The van der Waals surface area contributed by atoms with Gasteiger partial charge in [-0.3, -0.25) is 0 Å². The molecule has 0 saturated heterocycles. The Labute approximate surface area is 61.0 Å². The van der Waals surface area contributed by atoms with E-state index in [0.717, 1.165) is 0 Å². The molecule has 0 saturated carbocycles. The number of rotatable bonds is 0. The van der Waals surface area contributed by atoms with E-state index >= 15 is 0 Å². The van der Waals surface area contributed by atoms with E-state index in [4.69, 9.17) is 0 Å². The van der Waals surface area contributed by atoms with E-state index in [9.17, 15) is 0 Å². The molecule has 37 valence electrons. The number of hydrogen-bond acceptors (Lipinski definition) is 0.